The molecule has 7 heteroatoms. The summed E-state index contributed by atoms with van der Waals surface area (Å²) in [4.78, 5) is 12.5. The van der Waals surface area contributed by atoms with Gasteiger partial charge in [-0.1, -0.05) is 47.1 Å². The highest BCUT2D eigenvalue weighted by Gasteiger charge is 2.20. The SMILES string of the molecule is CCn1c(SC(C)C(=O)Nc2ccc(Cl)cc2)nnc1-c1cccc(C)c1. The van der Waals surface area contributed by atoms with E-state index < -0.39 is 0 Å². The average Bonchev–Trinajstić information content (AvgIpc) is 3.06. The number of aromatic nitrogens is 3. The minimum atomic E-state index is -0.319. The maximum Gasteiger partial charge on any atom is 0.237 e. The van der Waals surface area contributed by atoms with Gasteiger partial charge in [0.05, 0.1) is 5.25 Å². The molecule has 0 radical (unpaired) electrons. The summed E-state index contributed by atoms with van der Waals surface area (Å²) in [6, 6.07) is 15.2. The fraction of sp³-hybridized carbons (Fsp3) is 0.250. The number of thioether (sulfide) groups is 1. The second-order valence-electron chi connectivity index (χ2n) is 6.18. The van der Waals surface area contributed by atoms with E-state index in [1.807, 2.05) is 30.5 Å². The summed E-state index contributed by atoms with van der Waals surface area (Å²) in [7, 11) is 0. The summed E-state index contributed by atoms with van der Waals surface area (Å²) in [5.74, 6) is 0.721. The first-order valence-electron chi connectivity index (χ1n) is 8.71. The summed E-state index contributed by atoms with van der Waals surface area (Å²) < 4.78 is 2.03. The number of carbonyl (C=O) groups excluding carboxylic acids is 1. The third-order valence-electron chi connectivity index (χ3n) is 4.07. The smallest absolute Gasteiger partial charge is 0.237 e. The van der Waals surface area contributed by atoms with Gasteiger partial charge in [0.25, 0.3) is 0 Å². The normalized spacial score (nSPS) is 12.0. The van der Waals surface area contributed by atoms with Gasteiger partial charge in [-0.05, 0) is 51.1 Å². The van der Waals surface area contributed by atoms with Gasteiger partial charge in [0.1, 0.15) is 0 Å². The number of hydrogen-bond donors (Lipinski definition) is 1. The number of carbonyl (C=O) groups is 1. The molecule has 0 aliphatic rings. The summed E-state index contributed by atoms with van der Waals surface area (Å²) in [6.45, 7) is 6.68. The minimum Gasteiger partial charge on any atom is -0.325 e. The van der Waals surface area contributed by atoms with E-state index in [4.69, 9.17) is 11.6 Å². The van der Waals surface area contributed by atoms with E-state index in [1.54, 1.807) is 24.3 Å². The van der Waals surface area contributed by atoms with E-state index in [1.165, 1.54) is 17.3 Å². The molecule has 1 unspecified atom stereocenters. The molecule has 2 aromatic carbocycles. The number of rotatable bonds is 6. The maximum absolute atomic E-state index is 12.5. The Labute approximate surface area is 168 Å². The Balaban J connectivity index is 1.75. The van der Waals surface area contributed by atoms with E-state index in [0.717, 1.165) is 23.1 Å². The zero-order chi connectivity index (χ0) is 19.4. The lowest BCUT2D eigenvalue weighted by Crippen LogP contribution is -2.22. The number of aryl methyl sites for hydroxylation is 1. The van der Waals surface area contributed by atoms with Crippen molar-refractivity contribution in [1.29, 1.82) is 0 Å². The molecule has 140 valence electrons. The predicted molar refractivity (Wildman–Crippen MR) is 111 cm³/mol. The number of nitrogens with one attached hydrogen (secondary N) is 1. The molecule has 0 aliphatic carbocycles. The van der Waals surface area contributed by atoms with Crippen LogP contribution in [0.5, 0.6) is 0 Å². The zero-order valence-corrected chi connectivity index (χ0v) is 17.0. The molecular weight excluding hydrogens is 380 g/mol. The Morgan fingerprint density at radius 3 is 2.63 bits per heavy atom. The van der Waals surface area contributed by atoms with E-state index in [9.17, 15) is 4.79 Å². The third-order valence-corrected chi connectivity index (χ3v) is 5.40. The first kappa shape index (κ1) is 19.5. The number of benzene rings is 2. The fourth-order valence-corrected chi connectivity index (χ4v) is 3.69. The molecule has 0 bridgehead atoms. The molecule has 3 rings (SSSR count). The lowest BCUT2D eigenvalue weighted by molar-refractivity contribution is -0.115. The summed E-state index contributed by atoms with van der Waals surface area (Å²) in [5.41, 5.74) is 2.91. The lowest BCUT2D eigenvalue weighted by Gasteiger charge is -2.13. The van der Waals surface area contributed by atoms with Crippen molar-refractivity contribution >= 4 is 35.0 Å². The van der Waals surface area contributed by atoms with Crippen molar-refractivity contribution in [2.45, 2.75) is 37.7 Å². The average molecular weight is 401 g/mol. The molecule has 0 fully saturated rings. The van der Waals surface area contributed by atoms with Crippen molar-refractivity contribution in [3.05, 3.63) is 59.1 Å². The fourth-order valence-electron chi connectivity index (χ4n) is 2.65. The predicted octanol–water partition coefficient (Wildman–Crippen LogP) is 5.05. The van der Waals surface area contributed by atoms with Crippen LogP contribution < -0.4 is 5.32 Å². The highest BCUT2D eigenvalue weighted by molar-refractivity contribution is 8.00. The van der Waals surface area contributed by atoms with Gasteiger partial charge in [0.15, 0.2) is 11.0 Å². The Morgan fingerprint density at radius 2 is 1.96 bits per heavy atom. The van der Waals surface area contributed by atoms with E-state index in [-0.39, 0.29) is 11.2 Å². The molecular formula is C20H21ClN4OS. The van der Waals surface area contributed by atoms with Crippen molar-refractivity contribution in [3.63, 3.8) is 0 Å². The highest BCUT2D eigenvalue weighted by atomic mass is 35.5. The van der Waals surface area contributed by atoms with Crippen LogP contribution in [0.3, 0.4) is 0 Å². The molecule has 1 aromatic heterocycles. The van der Waals surface area contributed by atoms with Crippen LogP contribution in [0.25, 0.3) is 11.4 Å². The summed E-state index contributed by atoms with van der Waals surface area (Å²) in [6.07, 6.45) is 0. The first-order chi connectivity index (χ1) is 13.0. The standard InChI is InChI=1S/C20H21ClN4OS/c1-4-25-18(15-7-5-6-13(2)12-15)23-24-20(25)27-14(3)19(26)22-17-10-8-16(21)9-11-17/h5-12,14H,4H2,1-3H3,(H,22,26). The number of hydrogen-bond acceptors (Lipinski definition) is 4. The minimum absolute atomic E-state index is 0.0925. The van der Waals surface area contributed by atoms with Crippen LogP contribution in [0.4, 0.5) is 5.69 Å². The number of anilines is 1. The second kappa shape index (κ2) is 8.59. The molecule has 0 saturated carbocycles. The van der Waals surface area contributed by atoms with Gasteiger partial charge in [0.2, 0.25) is 5.91 Å². The van der Waals surface area contributed by atoms with Crippen molar-refractivity contribution in [2.24, 2.45) is 0 Å². The first-order valence-corrected chi connectivity index (χ1v) is 9.97. The zero-order valence-electron chi connectivity index (χ0n) is 15.4. The molecule has 0 saturated heterocycles. The second-order valence-corrected chi connectivity index (χ2v) is 7.92. The number of nitrogens with zero attached hydrogens (tertiary/aromatic N) is 3. The van der Waals surface area contributed by atoms with Crippen molar-refractivity contribution in [3.8, 4) is 11.4 Å². The molecule has 1 atom stereocenters. The van der Waals surface area contributed by atoms with E-state index in [0.29, 0.717) is 10.7 Å². The van der Waals surface area contributed by atoms with Crippen molar-refractivity contribution in [1.82, 2.24) is 14.8 Å². The van der Waals surface area contributed by atoms with Crippen LogP contribution >= 0.6 is 23.4 Å². The van der Waals surface area contributed by atoms with Crippen molar-refractivity contribution < 1.29 is 4.79 Å². The molecule has 0 spiro atoms. The quantitative estimate of drug-likeness (QED) is 0.588. The summed E-state index contributed by atoms with van der Waals surface area (Å²) >= 11 is 7.28. The Hall–Kier alpha value is -2.31. The van der Waals surface area contributed by atoms with Gasteiger partial charge in [-0.15, -0.1) is 10.2 Å². The molecule has 1 N–H and O–H groups in total. The van der Waals surface area contributed by atoms with Gasteiger partial charge in [-0.25, -0.2) is 0 Å². The van der Waals surface area contributed by atoms with Gasteiger partial charge in [-0.2, -0.15) is 0 Å². The number of halogens is 1. The largest absolute Gasteiger partial charge is 0.325 e. The van der Waals surface area contributed by atoms with Crippen LogP contribution in [0.2, 0.25) is 5.02 Å². The molecule has 3 aromatic rings. The van der Waals surface area contributed by atoms with Crippen LogP contribution in [0, 0.1) is 6.92 Å². The van der Waals surface area contributed by atoms with Crippen LogP contribution in [0.15, 0.2) is 53.7 Å². The molecule has 5 nitrogen and oxygen atoms in total. The van der Waals surface area contributed by atoms with Gasteiger partial charge >= 0.3 is 0 Å². The Bertz CT molecular complexity index is 939. The van der Waals surface area contributed by atoms with Crippen molar-refractivity contribution in [2.75, 3.05) is 5.32 Å². The van der Waals surface area contributed by atoms with Crippen LogP contribution in [-0.2, 0) is 11.3 Å². The van der Waals surface area contributed by atoms with Gasteiger partial charge in [0, 0.05) is 22.8 Å². The topological polar surface area (TPSA) is 59.8 Å². The molecule has 27 heavy (non-hydrogen) atoms. The lowest BCUT2D eigenvalue weighted by atomic mass is 10.1. The van der Waals surface area contributed by atoms with Gasteiger partial charge in [-0.3, -0.25) is 4.79 Å². The van der Waals surface area contributed by atoms with E-state index in [2.05, 4.69) is 34.6 Å². The third kappa shape index (κ3) is 4.70. The van der Waals surface area contributed by atoms with Gasteiger partial charge < -0.3 is 9.88 Å². The molecule has 1 heterocycles. The molecule has 1 amide bonds. The van der Waals surface area contributed by atoms with Crippen LogP contribution in [0.1, 0.15) is 19.4 Å². The molecule has 0 aliphatic heterocycles. The highest BCUT2D eigenvalue weighted by Crippen LogP contribution is 2.28. The van der Waals surface area contributed by atoms with Crippen LogP contribution in [-0.4, -0.2) is 25.9 Å². The number of amides is 1. The monoisotopic (exact) mass is 400 g/mol. The summed E-state index contributed by atoms with van der Waals surface area (Å²) in [5, 5.41) is 12.6. The Kier molecular flexibility index (Phi) is 6.19. The Morgan fingerprint density at radius 1 is 1.22 bits per heavy atom. The van der Waals surface area contributed by atoms with E-state index >= 15 is 0 Å². The maximum atomic E-state index is 12.5.